The zero-order valence-electron chi connectivity index (χ0n) is 10.3. The third-order valence-corrected chi connectivity index (χ3v) is 3.59. The Balaban J connectivity index is 2.89. The number of carboxylic acids is 1. The van der Waals surface area contributed by atoms with Gasteiger partial charge in [0.05, 0.1) is 15.1 Å². The van der Waals surface area contributed by atoms with Crippen molar-refractivity contribution < 1.29 is 19.4 Å². The Labute approximate surface area is 130 Å². The molecule has 1 unspecified atom stereocenters. The van der Waals surface area contributed by atoms with Crippen LogP contribution < -0.4 is 5.32 Å². The van der Waals surface area contributed by atoms with Crippen LogP contribution in [-0.4, -0.2) is 41.7 Å². The number of nitrogens with one attached hydrogen (secondary N) is 1. The molecule has 0 aliphatic heterocycles. The molecule has 1 rings (SSSR count). The summed E-state index contributed by atoms with van der Waals surface area (Å²) in [6, 6.07) is -1.12. The molecular weight excluding hydrogens is 330 g/mol. The van der Waals surface area contributed by atoms with Crippen LogP contribution in [0.3, 0.4) is 0 Å². The van der Waals surface area contributed by atoms with Gasteiger partial charge in [0, 0.05) is 26.3 Å². The molecular formula is C11H11Cl3N2O4. The highest BCUT2D eigenvalue weighted by molar-refractivity contribution is 6.48. The van der Waals surface area contributed by atoms with Gasteiger partial charge in [-0.15, -0.1) is 0 Å². The van der Waals surface area contributed by atoms with Gasteiger partial charge >= 0.3 is 5.97 Å². The van der Waals surface area contributed by atoms with Crippen molar-refractivity contribution in [1.29, 1.82) is 0 Å². The summed E-state index contributed by atoms with van der Waals surface area (Å²) in [4.78, 5) is 26.7. The van der Waals surface area contributed by atoms with Gasteiger partial charge in [0.2, 0.25) is 0 Å². The Morgan fingerprint density at radius 1 is 1.40 bits per heavy atom. The number of methoxy groups -OCH3 is 1. The minimum atomic E-state index is -1.19. The summed E-state index contributed by atoms with van der Waals surface area (Å²) in [5.41, 5.74) is -0.190. The Hall–Kier alpha value is -1.08. The molecule has 0 radical (unpaired) electrons. The van der Waals surface area contributed by atoms with Crippen molar-refractivity contribution in [2.24, 2.45) is 0 Å². The van der Waals surface area contributed by atoms with E-state index in [9.17, 15) is 9.59 Å². The SMILES string of the molecule is COCCC(NC(=O)c1ncc(Cl)c(Cl)c1Cl)C(=O)O. The average Bonchev–Trinajstić information content (AvgIpc) is 2.40. The van der Waals surface area contributed by atoms with E-state index < -0.39 is 17.9 Å². The van der Waals surface area contributed by atoms with Crippen molar-refractivity contribution in [1.82, 2.24) is 10.3 Å². The fourth-order valence-electron chi connectivity index (χ4n) is 1.32. The molecule has 1 amide bonds. The summed E-state index contributed by atoms with van der Waals surface area (Å²) in [7, 11) is 1.43. The van der Waals surface area contributed by atoms with Crippen LogP contribution in [0.25, 0.3) is 0 Å². The third kappa shape index (κ3) is 4.21. The molecule has 0 saturated carbocycles. The van der Waals surface area contributed by atoms with E-state index in [1.165, 1.54) is 7.11 Å². The number of amides is 1. The quantitative estimate of drug-likeness (QED) is 0.828. The van der Waals surface area contributed by atoms with Gasteiger partial charge in [-0.3, -0.25) is 4.79 Å². The molecule has 0 aliphatic rings. The number of pyridine rings is 1. The normalized spacial score (nSPS) is 12.0. The zero-order chi connectivity index (χ0) is 15.3. The van der Waals surface area contributed by atoms with E-state index >= 15 is 0 Å². The first-order chi connectivity index (χ1) is 9.38. The molecule has 1 atom stereocenters. The van der Waals surface area contributed by atoms with Crippen LogP contribution in [0.15, 0.2) is 6.20 Å². The molecule has 110 valence electrons. The first-order valence-corrected chi connectivity index (χ1v) is 6.54. The summed E-state index contributed by atoms with van der Waals surface area (Å²) in [5.74, 6) is -1.94. The number of hydrogen-bond donors (Lipinski definition) is 2. The number of halogens is 3. The van der Waals surface area contributed by atoms with Crippen molar-refractivity contribution in [2.45, 2.75) is 12.5 Å². The Morgan fingerprint density at radius 3 is 2.60 bits per heavy atom. The number of rotatable bonds is 6. The highest BCUT2D eigenvalue weighted by Crippen LogP contribution is 2.30. The Kier molecular flexibility index (Phi) is 6.48. The molecule has 2 N–H and O–H groups in total. The molecule has 1 aromatic rings. The summed E-state index contributed by atoms with van der Waals surface area (Å²) >= 11 is 17.3. The van der Waals surface area contributed by atoms with Gasteiger partial charge in [-0.2, -0.15) is 0 Å². The van der Waals surface area contributed by atoms with Gasteiger partial charge < -0.3 is 15.2 Å². The molecule has 1 heterocycles. The summed E-state index contributed by atoms with van der Waals surface area (Å²) in [6.45, 7) is 0.180. The molecule has 0 bridgehead atoms. The second-order valence-electron chi connectivity index (χ2n) is 3.73. The maximum absolute atomic E-state index is 11.9. The van der Waals surface area contributed by atoms with Gasteiger partial charge in [0.1, 0.15) is 11.7 Å². The maximum Gasteiger partial charge on any atom is 0.326 e. The lowest BCUT2D eigenvalue weighted by molar-refractivity contribution is -0.139. The van der Waals surface area contributed by atoms with E-state index in [-0.39, 0.29) is 33.8 Å². The largest absolute Gasteiger partial charge is 0.480 e. The highest BCUT2D eigenvalue weighted by atomic mass is 35.5. The lowest BCUT2D eigenvalue weighted by Gasteiger charge is -2.14. The van der Waals surface area contributed by atoms with Gasteiger partial charge in [-0.1, -0.05) is 34.8 Å². The highest BCUT2D eigenvalue weighted by Gasteiger charge is 2.23. The minimum absolute atomic E-state index is 0.0164. The van der Waals surface area contributed by atoms with E-state index in [1.807, 2.05) is 0 Å². The molecule has 0 aromatic carbocycles. The number of aromatic nitrogens is 1. The summed E-state index contributed by atoms with van der Waals surface area (Å²) < 4.78 is 4.77. The molecule has 0 saturated heterocycles. The van der Waals surface area contributed by atoms with Crippen molar-refractivity contribution >= 4 is 46.7 Å². The first-order valence-electron chi connectivity index (χ1n) is 5.40. The molecule has 1 aromatic heterocycles. The van der Waals surface area contributed by atoms with Crippen LogP contribution in [0.2, 0.25) is 15.1 Å². The third-order valence-electron chi connectivity index (χ3n) is 2.35. The fourth-order valence-corrected chi connectivity index (χ4v) is 1.89. The van der Waals surface area contributed by atoms with Crippen molar-refractivity contribution in [3.63, 3.8) is 0 Å². The number of hydrogen-bond acceptors (Lipinski definition) is 4. The van der Waals surface area contributed by atoms with E-state index in [0.29, 0.717) is 0 Å². The number of carboxylic acid groups (broad SMARTS) is 1. The Bertz CT molecular complexity index is 525. The first kappa shape index (κ1) is 17.0. The predicted molar refractivity (Wildman–Crippen MR) is 74.7 cm³/mol. The van der Waals surface area contributed by atoms with Crippen molar-refractivity contribution in [3.8, 4) is 0 Å². The molecule has 0 spiro atoms. The lowest BCUT2D eigenvalue weighted by atomic mass is 10.2. The molecule has 6 nitrogen and oxygen atoms in total. The summed E-state index contributed by atoms with van der Waals surface area (Å²) in [5, 5.41) is 11.2. The zero-order valence-corrected chi connectivity index (χ0v) is 12.6. The van der Waals surface area contributed by atoms with E-state index in [4.69, 9.17) is 44.6 Å². The Morgan fingerprint density at radius 2 is 2.05 bits per heavy atom. The molecule has 9 heteroatoms. The van der Waals surface area contributed by atoms with Gasteiger partial charge in [0.15, 0.2) is 0 Å². The molecule has 20 heavy (non-hydrogen) atoms. The molecule has 0 aliphatic carbocycles. The maximum atomic E-state index is 11.9. The van der Waals surface area contributed by atoms with Gasteiger partial charge in [-0.25, -0.2) is 9.78 Å². The van der Waals surface area contributed by atoms with Crippen molar-refractivity contribution in [3.05, 3.63) is 27.0 Å². The number of carbonyl (C=O) groups excluding carboxylic acids is 1. The number of aliphatic carboxylic acids is 1. The van der Waals surface area contributed by atoms with Crippen LogP contribution in [0.1, 0.15) is 16.9 Å². The van der Waals surface area contributed by atoms with Crippen LogP contribution in [-0.2, 0) is 9.53 Å². The van der Waals surface area contributed by atoms with Crippen molar-refractivity contribution in [2.75, 3.05) is 13.7 Å². The van der Waals surface area contributed by atoms with Crippen LogP contribution in [0.4, 0.5) is 0 Å². The standard InChI is InChI=1S/C11H11Cl3N2O4/c1-20-3-2-6(11(18)19)16-10(17)9-8(14)7(13)5(12)4-15-9/h4,6H,2-3H2,1H3,(H,16,17)(H,18,19). The number of ether oxygens (including phenoxy) is 1. The van der Waals surface area contributed by atoms with E-state index in [2.05, 4.69) is 10.3 Å². The fraction of sp³-hybridized carbons (Fsp3) is 0.364. The minimum Gasteiger partial charge on any atom is -0.480 e. The predicted octanol–water partition coefficient (Wildman–Crippen LogP) is 2.26. The lowest BCUT2D eigenvalue weighted by Crippen LogP contribution is -2.41. The monoisotopic (exact) mass is 340 g/mol. The average molecular weight is 342 g/mol. The smallest absolute Gasteiger partial charge is 0.326 e. The number of nitrogens with zero attached hydrogens (tertiary/aromatic N) is 1. The van der Waals surface area contributed by atoms with Gasteiger partial charge in [-0.05, 0) is 0 Å². The van der Waals surface area contributed by atoms with Crippen LogP contribution >= 0.6 is 34.8 Å². The van der Waals surface area contributed by atoms with E-state index in [1.54, 1.807) is 0 Å². The van der Waals surface area contributed by atoms with Crippen LogP contribution in [0, 0.1) is 0 Å². The second-order valence-corrected chi connectivity index (χ2v) is 4.89. The van der Waals surface area contributed by atoms with Gasteiger partial charge in [0.25, 0.3) is 5.91 Å². The summed E-state index contributed by atoms with van der Waals surface area (Å²) in [6.07, 6.45) is 1.27. The number of carbonyl (C=O) groups is 2. The topological polar surface area (TPSA) is 88.5 Å². The van der Waals surface area contributed by atoms with Crippen LogP contribution in [0.5, 0.6) is 0 Å². The second kappa shape index (κ2) is 7.64. The molecule has 0 fully saturated rings. The van der Waals surface area contributed by atoms with E-state index in [0.717, 1.165) is 6.20 Å².